The van der Waals surface area contributed by atoms with Gasteiger partial charge in [0.1, 0.15) is 18.1 Å². The van der Waals surface area contributed by atoms with Crippen LogP contribution in [0.5, 0.6) is 11.5 Å². The summed E-state index contributed by atoms with van der Waals surface area (Å²) in [5.74, 6) is 2.19. The number of hydrogen-bond donors (Lipinski definition) is 1. The predicted molar refractivity (Wildman–Crippen MR) is 124 cm³/mol. The Morgan fingerprint density at radius 3 is 2.55 bits per heavy atom. The number of rotatable bonds is 8. The van der Waals surface area contributed by atoms with Gasteiger partial charge >= 0.3 is 0 Å². The first-order valence-electron chi connectivity index (χ1n) is 9.95. The van der Waals surface area contributed by atoms with E-state index in [0.717, 1.165) is 28.2 Å². The van der Waals surface area contributed by atoms with Crippen LogP contribution in [-0.2, 0) is 6.61 Å². The third kappa shape index (κ3) is 5.26. The van der Waals surface area contributed by atoms with Crippen LogP contribution < -0.4 is 9.47 Å². The summed E-state index contributed by atoms with van der Waals surface area (Å²) in [6, 6.07) is 25.5. The molecular weight excluding hydrogens is 408 g/mol. The smallest absolute Gasteiger partial charge is 0.216 e. The van der Waals surface area contributed by atoms with Crippen LogP contribution in [0.25, 0.3) is 11.4 Å². The SMILES string of the molecule is CCOc1cccc(-c2n[nH]c(=S)n2N=Cc2ccc(OCc3ccccc3)cc2)c1. The van der Waals surface area contributed by atoms with E-state index in [2.05, 4.69) is 15.3 Å². The van der Waals surface area contributed by atoms with Gasteiger partial charge in [0, 0.05) is 5.56 Å². The third-order valence-corrected chi connectivity index (χ3v) is 4.77. The highest BCUT2D eigenvalue weighted by Gasteiger charge is 2.09. The first-order chi connectivity index (χ1) is 15.2. The van der Waals surface area contributed by atoms with Gasteiger partial charge in [-0.2, -0.15) is 14.9 Å². The van der Waals surface area contributed by atoms with Crippen molar-refractivity contribution in [3.05, 3.63) is 94.8 Å². The maximum absolute atomic E-state index is 5.83. The van der Waals surface area contributed by atoms with Gasteiger partial charge in [0.2, 0.25) is 4.77 Å². The fourth-order valence-corrected chi connectivity index (χ4v) is 3.17. The summed E-state index contributed by atoms with van der Waals surface area (Å²) >= 11 is 5.35. The lowest BCUT2D eigenvalue weighted by atomic mass is 10.2. The molecule has 0 amide bonds. The Balaban J connectivity index is 1.48. The van der Waals surface area contributed by atoms with Gasteiger partial charge in [-0.1, -0.05) is 42.5 Å². The second-order valence-electron chi connectivity index (χ2n) is 6.71. The number of hydrogen-bond acceptors (Lipinski definition) is 5. The predicted octanol–water partition coefficient (Wildman–Crippen LogP) is 5.47. The van der Waals surface area contributed by atoms with Crippen LogP contribution in [0, 0.1) is 4.77 Å². The summed E-state index contributed by atoms with van der Waals surface area (Å²) < 4.78 is 13.4. The highest BCUT2D eigenvalue weighted by Crippen LogP contribution is 2.22. The zero-order valence-electron chi connectivity index (χ0n) is 17.1. The van der Waals surface area contributed by atoms with Crippen LogP contribution in [0.4, 0.5) is 0 Å². The molecule has 4 aromatic rings. The molecule has 0 aliphatic carbocycles. The first-order valence-corrected chi connectivity index (χ1v) is 10.4. The molecule has 1 N–H and O–H groups in total. The molecule has 3 aromatic carbocycles. The van der Waals surface area contributed by atoms with Gasteiger partial charge in [-0.3, -0.25) is 0 Å². The van der Waals surface area contributed by atoms with Crippen molar-refractivity contribution in [2.45, 2.75) is 13.5 Å². The second kappa shape index (κ2) is 9.86. The van der Waals surface area contributed by atoms with Gasteiger partial charge in [0.15, 0.2) is 5.82 Å². The average molecular weight is 431 g/mol. The Bertz CT molecular complexity index is 1210. The van der Waals surface area contributed by atoms with Gasteiger partial charge in [-0.05, 0) is 66.7 Å². The van der Waals surface area contributed by atoms with Crippen LogP contribution in [0.3, 0.4) is 0 Å². The number of nitrogens with zero attached hydrogens (tertiary/aromatic N) is 3. The monoisotopic (exact) mass is 430 g/mol. The van der Waals surface area contributed by atoms with Crippen molar-refractivity contribution in [2.24, 2.45) is 5.10 Å². The van der Waals surface area contributed by atoms with Crippen molar-refractivity contribution >= 4 is 18.4 Å². The van der Waals surface area contributed by atoms with Crippen molar-refractivity contribution in [3.63, 3.8) is 0 Å². The summed E-state index contributed by atoms with van der Waals surface area (Å²) in [4.78, 5) is 0. The van der Waals surface area contributed by atoms with Crippen LogP contribution >= 0.6 is 12.2 Å². The van der Waals surface area contributed by atoms with E-state index in [-0.39, 0.29) is 0 Å². The summed E-state index contributed by atoms with van der Waals surface area (Å²) in [7, 11) is 0. The fraction of sp³-hybridized carbons (Fsp3) is 0.125. The van der Waals surface area contributed by atoms with Crippen LogP contribution in [-0.4, -0.2) is 27.7 Å². The van der Waals surface area contributed by atoms with Gasteiger partial charge < -0.3 is 9.47 Å². The summed E-state index contributed by atoms with van der Waals surface area (Å²) in [6.45, 7) is 3.08. The van der Waals surface area contributed by atoms with E-state index in [9.17, 15) is 0 Å². The highest BCUT2D eigenvalue weighted by atomic mass is 32.1. The number of nitrogens with one attached hydrogen (secondary N) is 1. The Morgan fingerprint density at radius 2 is 1.77 bits per heavy atom. The van der Waals surface area contributed by atoms with Gasteiger partial charge in [-0.15, -0.1) is 0 Å². The molecule has 1 aromatic heterocycles. The van der Waals surface area contributed by atoms with E-state index < -0.39 is 0 Å². The molecule has 0 spiro atoms. The Hall–Kier alpha value is -3.71. The highest BCUT2D eigenvalue weighted by molar-refractivity contribution is 7.71. The second-order valence-corrected chi connectivity index (χ2v) is 7.10. The molecule has 7 heteroatoms. The summed E-state index contributed by atoms with van der Waals surface area (Å²) in [5, 5.41) is 11.7. The minimum absolute atomic E-state index is 0.413. The van der Waals surface area contributed by atoms with E-state index in [4.69, 9.17) is 21.7 Å². The Labute approximate surface area is 185 Å². The molecule has 31 heavy (non-hydrogen) atoms. The number of H-pyrrole nitrogens is 1. The summed E-state index contributed by atoms with van der Waals surface area (Å²) in [6.07, 6.45) is 1.74. The lowest BCUT2D eigenvalue weighted by molar-refractivity contribution is 0.306. The molecule has 0 saturated carbocycles. The van der Waals surface area contributed by atoms with E-state index in [1.54, 1.807) is 10.9 Å². The van der Waals surface area contributed by atoms with E-state index in [0.29, 0.717) is 23.8 Å². The number of aromatic amines is 1. The van der Waals surface area contributed by atoms with Crippen molar-refractivity contribution in [2.75, 3.05) is 6.61 Å². The Morgan fingerprint density at radius 1 is 0.968 bits per heavy atom. The largest absolute Gasteiger partial charge is 0.494 e. The molecule has 1 heterocycles. The summed E-state index contributed by atoms with van der Waals surface area (Å²) in [5.41, 5.74) is 2.91. The van der Waals surface area contributed by atoms with Crippen molar-refractivity contribution in [1.29, 1.82) is 0 Å². The van der Waals surface area contributed by atoms with E-state index >= 15 is 0 Å². The third-order valence-electron chi connectivity index (χ3n) is 4.50. The number of ether oxygens (including phenoxy) is 2. The molecule has 0 aliphatic heterocycles. The standard InChI is InChI=1S/C24H22N4O2S/c1-2-29-22-10-6-9-20(15-22)23-26-27-24(31)28(23)25-16-18-11-13-21(14-12-18)30-17-19-7-4-3-5-8-19/h3-16H,2,17H2,1H3,(H,27,31). The maximum Gasteiger partial charge on any atom is 0.216 e. The van der Waals surface area contributed by atoms with Crippen molar-refractivity contribution in [1.82, 2.24) is 14.9 Å². The molecule has 0 bridgehead atoms. The normalized spacial score (nSPS) is 11.0. The molecule has 156 valence electrons. The molecule has 0 radical (unpaired) electrons. The lowest BCUT2D eigenvalue weighted by Gasteiger charge is -2.06. The molecule has 4 rings (SSSR count). The number of benzene rings is 3. The zero-order chi connectivity index (χ0) is 21.5. The molecular formula is C24H22N4O2S. The topological polar surface area (TPSA) is 64.4 Å². The average Bonchev–Trinajstić information content (AvgIpc) is 3.18. The van der Waals surface area contributed by atoms with Crippen molar-refractivity contribution < 1.29 is 9.47 Å². The van der Waals surface area contributed by atoms with E-state index in [1.165, 1.54) is 0 Å². The number of aromatic nitrogens is 3. The minimum atomic E-state index is 0.413. The first kappa shape index (κ1) is 20.6. The molecule has 0 fully saturated rings. The van der Waals surface area contributed by atoms with Crippen LogP contribution in [0.2, 0.25) is 0 Å². The van der Waals surface area contributed by atoms with Gasteiger partial charge in [-0.25, -0.2) is 5.10 Å². The molecule has 0 atom stereocenters. The Kier molecular flexibility index (Phi) is 6.54. The molecule has 0 saturated heterocycles. The quantitative estimate of drug-likeness (QED) is 0.297. The van der Waals surface area contributed by atoms with Gasteiger partial charge in [0.05, 0.1) is 12.8 Å². The zero-order valence-corrected chi connectivity index (χ0v) is 17.9. The van der Waals surface area contributed by atoms with E-state index in [1.807, 2.05) is 85.8 Å². The molecule has 6 nitrogen and oxygen atoms in total. The lowest BCUT2D eigenvalue weighted by Crippen LogP contribution is -1.97. The van der Waals surface area contributed by atoms with Crippen LogP contribution in [0.1, 0.15) is 18.1 Å². The van der Waals surface area contributed by atoms with Gasteiger partial charge in [0.25, 0.3) is 0 Å². The van der Waals surface area contributed by atoms with Crippen molar-refractivity contribution in [3.8, 4) is 22.9 Å². The maximum atomic E-state index is 5.83. The minimum Gasteiger partial charge on any atom is -0.494 e. The van der Waals surface area contributed by atoms with Crippen LogP contribution in [0.15, 0.2) is 84.0 Å². The molecule has 0 unspecified atom stereocenters. The fourth-order valence-electron chi connectivity index (χ4n) is 2.99. The molecule has 0 aliphatic rings.